The van der Waals surface area contributed by atoms with Crippen molar-refractivity contribution in [2.24, 2.45) is 5.92 Å². The molecule has 2 atom stereocenters. The molecular weight excluding hydrogens is 312 g/mol. The smallest absolute Gasteiger partial charge is 0.0571 e. The molecule has 25 heavy (non-hydrogen) atoms. The minimum atomic E-state index is -0.0127. The minimum absolute atomic E-state index is 0.0127. The molecule has 0 aromatic heterocycles. The molecule has 4 rings (SSSR count). The van der Waals surface area contributed by atoms with E-state index in [1.54, 1.807) is 7.11 Å². The van der Waals surface area contributed by atoms with Gasteiger partial charge in [0.25, 0.3) is 0 Å². The highest BCUT2D eigenvalue weighted by molar-refractivity contribution is 4.96. The van der Waals surface area contributed by atoms with Crippen molar-refractivity contribution in [2.45, 2.75) is 95.9 Å². The van der Waals surface area contributed by atoms with Gasteiger partial charge in [-0.3, -0.25) is 4.90 Å². The van der Waals surface area contributed by atoms with Gasteiger partial charge in [0.2, 0.25) is 0 Å². The zero-order chi connectivity index (χ0) is 18.2. The second-order valence-corrected chi connectivity index (χ2v) is 8.24. The van der Waals surface area contributed by atoms with Crippen molar-refractivity contribution in [1.82, 2.24) is 9.80 Å². The molecule has 0 amide bonds. The van der Waals surface area contributed by atoms with Gasteiger partial charge in [-0.1, -0.05) is 13.8 Å². The lowest BCUT2D eigenvalue weighted by Gasteiger charge is -2.40. The van der Waals surface area contributed by atoms with E-state index in [4.69, 9.17) is 4.74 Å². The van der Waals surface area contributed by atoms with Crippen molar-refractivity contribution in [3.63, 3.8) is 0 Å². The minimum Gasteiger partial charge on any atom is -0.393 e. The number of hydrogen-bond acceptors (Lipinski definition) is 4. The largest absolute Gasteiger partial charge is 0.393 e. The Morgan fingerprint density at radius 2 is 1.48 bits per heavy atom. The second kappa shape index (κ2) is 10.9. The van der Waals surface area contributed by atoms with E-state index in [9.17, 15) is 5.11 Å². The lowest BCUT2D eigenvalue weighted by molar-refractivity contribution is 0.0209. The van der Waals surface area contributed by atoms with E-state index in [0.717, 1.165) is 18.8 Å². The van der Waals surface area contributed by atoms with Gasteiger partial charge in [0, 0.05) is 25.7 Å². The van der Waals surface area contributed by atoms with Gasteiger partial charge in [0.05, 0.1) is 12.2 Å². The van der Waals surface area contributed by atoms with Crippen molar-refractivity contribution in [3.05, 3.63) is 0 Å². The standard InChI is InChI=1S/C14H26N2O.C5H10O.C2H6/c1-15-6-4-11(5-7-15)10-16-12-2-3-13(16)9-14(17)8-12;1-6-5-3-2-4-5;1-2/h11-14,17H,2-10H2,1H3;5H,2-4H2,1H3;1-2H3. The zero-order valence-electron chi connectivity index (χ0n) is 17.1. The molecular formula is C21H42N2O2. The molecule has 4 nitrogen and oxygen atoms in total. The number of hydrogen-bond donors (Lipinski definition) is 1. The van der Waals surface area contributed by atoms with Gasteiger partial charge in [-0.15, -0.1) is 0 Å². The van der Waals surface area contributed by atoms with Crippen LogP contribution >= 0.6 is 0 Å². The third kappa shape index (κ3) is 6.20. The van der Waals surface area contributed by atoms with E-state index in [2.05, 4.69) is 16.8 Å². The van der Waals surface area contributed by atoms with Crippen LogP contribution in [-0.4, -0.2) is 73.0 Å². The Hall–Kier alpha value is -0.160. The second-order valence-electron chi connectivity index (χ2n) is 8.24. The first-order chi connectivity index (χ1) is 12.2. The maximum Gasteiger partial charge on any atom is 0.0571 e. The van der Waals surface area contributed by atoms with Gasteiger partial charge < -0.3 is 14.7 Å². The summed E-state index contributed by atoms with van der Waals surface area (Å²) < 4.78 is 4.99. The molecule has 3 saturated heterocycles. The van der Waals surface area contributed by atoms with Gasteiger partial charge >= 0.3 is 0 Å². The molecule has 0 radical (unpaired) electrons. The summed E-state index contributed by atoms with van der Waals surface area (Å²) in [7, 11) is 4.01. The lowest BCUT2D eigenvalue weighted by atomic mass is 9.93. The number of rotatable bonds is 3. The molecule has 3 heterocycles. The van der Waals surface area contributed by atoms with Crippen LogP contribution in [0.15, 0.2) is 0 Å². The molecule has 4 fully saturated rings. The zero-order valence-corrected chi connectivity index (χ0v) is 17.1. The first-order valence-corrected chi connectivity index (χ1v) is 10.8. The fourth-order valence-corrected chi connectivity index (χ4v) is 4.69. The van der Waals surface area contributed by atoms with Crippen molar-refractivity contribution < 1.29 is 9.84 Å². The SMILES string of the molecule is CC.CN1CCC(CN2C3CCC2CC(O)C3)CC1.COC1CCC1. The van der Waals surface area contributed by atoms with Crippen molar-refractivity contribution in [3.8, 4) is 0 Å². The van der Waals surface area contributed by atoms with Crippen LogP contribution in [-0.2, 0) is 4.74 Å². The highest BCUT2D eigenvalue weighted by Crippen LogP contribution is 2.37. The van der Waals surface area contributed by atoms with Crippen LogP contribution in [0.3, 0.4) is 0 Å². The summed E-state index contributed by atoms with van der Waals surface area (Å²) in [6.45, 7) is 7.85. The number of nitrogens with zero attached hydrogens (tertiary/aromatic N) is 2. The summed E-state index contributed by atoms with van der Waals surface area (Å²) in [6, 6.07) is 1.40. The average molecular weight is 355 g/mol. The van der Waals surface area contributed by atoms with E-state index in [0.29, 0.717) is 18.2 Å². The average Bonchev–Trinajstić information content (AvgIpc) is 2.81. The van der Waals surface area contributed by atoms with Crippen molar-refractivity contribution in [1.29, 1.82) is 0 Å². The number of fused-ring (bicyclic) bond motifs is 2. The van der Waals surface area contributed by atoms with Crippen LogP contribution in [0.5, 0.6) is 0 Å². The van der Waals surface area contributed by atoms with Crippen LogP contribution in [0.1, 0.15) is 71.6 Å². The fraction of sp³-hybridized carbons (Fsp3) is 1.00. The van der Waals surface area contributed by atoms with Crippen LogP contribution in [0.2, 0.25) is 0 Å². The first-order valence-electron chi connectivity index (χ1n) is 10.8. The maximum atomic E-state index is 9.82. The summed E-state index contributed by atoms with van der Waals surface area (Å²) in [6.07, 6.45) is 12.0. The molecule has 0 aromatic rings. The van der Waals surface area contributed by atoms with Crippen molar-refractivity contribution in [2.75, 3.05) is 33.8 Å². The van der Waals surface area contributed by atoms with E-state index in [1.165, 1.54) is 64.6 Å². The van der Waals surface area contributed by atoms with Crippen LogP contribution in [0.4, 0.5) is 0 Å². The monoisotopic (exact) mass is 354 g/mol. The Morgan fingerprint density at radius 1 is 0.920 bits per heavy atom. The van der Waals surface area contributed by atoms with Crippen molar-refractivity contribution >= 4 is 0 Å². The quantitative estimate of drug-likeness (QED) is 0.841. The summed E-state index contributed by atoms with van der Waals surface area (Å²) in [5.41, 5.74) is 0. The van der Waals surface area contributed by atoms with E-state index < -0.39 is 0 Å². The number of methoxy groups -OCH3 is 1. The molecule has 0 aromatic carbocycles. The number of aliphatic hydroxyl groups is 1. The van der Waals surface area contributed by atoms with E-state index in [1.807, 2.05) is 13.8 Å². The molecule has 4 heteroatoms. The molecule has 148 valence electrons. The Labute approximate surface area is 155 Å². The first kappa shape index (κ1) is 21.1. The van der Waals surface area contributed by atoms with Gasteiger partial charge in [-0.2, -0.15) is 0 Å². The predicted molar refractivity (Wildman–Crippen MR) is 105 cm³/mol. The molecule has 1 aliphatic carbocycles. The number of piperidine rings is 2. The normalized spacial score (nSPS) is 33.7. The Morgan fingerprint density at radius 3 is 1.88 bits per heavy atom. The summed E-state index contributed by atoms with van der Waals surface area (Å²) >= 11 is 0. The summed E-state index contributed by atoms with van der Waals surface area (Å²) in [4.78, 5) is 5.19. The van der Waals surface area contributed by atoms with E-state index in [-0.39, 0.29) is 6.10 Å². The Kier molecular flexibility index (Phi) is 9.18. The van der Waals surface area contributed by atoms with Crippen LogP contribution in [0.25, 0.3) is 0 Å². The number of aliphatic hydroxyl groups excluding tert-OH is 1. The summed E-state index contributed by atoms with van der Waals surface area (Å²) in [5, 5.41) is 9.82. The molecule has 3 aliphatic heterocycles. The van der Waals surface area contributed by atoms with Gasteiger partial charge in [-0.25, -0.2) is 0 Å². The molecule has 1 saturated carbocycles. The Balaban J connectivity index is 0.000000237. The third-order valence-corrected chi connectivity index (χ3v) is 6.55. The maximum absolute atomic E-state index is 9.82. The highest BCUT2D eigenvalue weighted by atomic mass is 16.5. The topological polar surface area (TPSA) is 35.9 Å². The third-order valence-electron chi connectivity index (χ3n) is 6.55. The molecule has 1 N–H and O–H groups in total. The van der Waals surface area contributed by atoms with E-state index >= 15 is 0 Å². The molecule has 4 aliphatic rings. The lowest BCUT2D eigenvalue weighted by Crippen LogP contribution is -2.48. The highest BCUT2D eigenvalue weighted by Gasteiger charge is 2.40. The molecule has 0 spiro atoms. The Bertz CT molecular complexity index is 337. The van der Waals surface area contributed by atoms with Crippen LogP contribution < -0.4 is 0 Å². The predicted octanol–water partition coefficient (Wildman–Crippen LogP) is 3.53. The van der Waals surface area contributed by atoms with Gasteiger partial charge in [-0.05, 0) is 83.8 Å². The summed E-state index contributed by atoms with van der Waals surface area (Å²) in [5.74, 6) is 0.907. The fourth-order valence-electron chi connectivity index (χ4n) is 4.69. The number of ether oxygens (including phenoxy) is 1. The van der Waals surface area contributed by atoms with Gasteiger partial charge in [0.1, 0.15) is 0 Å². The number of likely N-dealkylation sites (tertiary alicyclic amines) is 1. The molecule has 2 unspecified atom stereocenters. The van der Waals surface area contributed by atoms with Crippen LogP contribution in [0, 0.1) is 5.92 Å². The molecule has 2 bridgehead atoms. The van der Waals surface area contributed by atoms with Gasteiger partial charge in [0.15, 0.2) is 0 Å².